The normalized spacial score (nSPS) is 17.5. The van der Waals surface area contributed by atoms with Crippen LogP contribution in [-0.4, -0.2) is 62.4 Å². The van der Waals surface area contributed by atoms with Gasteiger partial charge in [0.2, 0.25) is 15.9 Å². The maximum atomic E-state index is 13.8. The fourth-order valence-electron chi connectivity index (χ4n) is 4.74. The Balaban J connectivity index is 0.000000148. The average Bonchev–Trinajstić information content (AvgIpc) is 3.95. The van der Waals surface area contributed by atoms with Gasteiger partial charge in [0.05, 0.1) is 25.4 Å². The van der Waals surface area contributed by atoms with Gasteiger partial charge < -0.3 is 18.8 Å². The van der Waals surface area contributed by atoms with Gasteiger partial charge in [0, 0.05) is 5.56 Å². The van der Waals surface area contributed by atoms with Crippen LogP contribution in [0.4, 0.5) is 8.78 Å². The van der Waals surface area contributed by atoms with Crippen molar-refractivity contribution in [2.45, 2.75) is 76.4 Å². The monoisotopic (exact) mass is 720 g/mol. The second-order valence-electron chi connectivity index (χ2n) is 12.4. The summed E-state index contributed by atoms with van der Waals surface area (Å²) in [6, 6.07) is 10.3. The number of rotatable bonds is 6. The lowest BCUT2D eigenvalue weighted by molar-refractivity contribution is 0.00578. The zero-order chi connectivity index (χ0) is 34.8. The number of benzene rings is 2. The molecule has 4 aromatic rings. The summed E-state index contributed by atoms with van der Waals surface area (Å²) in [6.45, 7) is 8.10. The molecule has 2 aliphatic carbocycles. The maximum absolute atomic E-state index is 13.8. The van der Waals surface area contributed by atoms with Gasteiger partial charge in [0.25, 0.3) is 0 Å². The van der Waals surface area contributed by atoms with Gasteiger partial charge in [-0.15, -0.1) is 0 Å². The molecule has 0 bridgehead atoms. The Kier molecular flexibility index (Phi) is 11.1. The first-order valence-corrected chi connectivity index (χ1v) is 16.3. The molecule has 254 valence electrons. The van der Waals surface area contributed by atoms with E-state index in [4.69, 9.17) is 48.8 Å². The van der Waals surface area contributed by atoms with Crippen molar-refractivity contribution in [3.8, 4) is 23.4 Å². The second kappa shape index (κ2) is 14.7. The van der Waals surface area contributed by atoms with E-state index in [0.29, 0.717) is 28.8 Å². The Morgan fingerprint density at radius 2 is 1.12 bits per heavy atom. The third-order valence-electron chi connectivity index (χ3n) is 8.35. The molecule has 2 saturated carbocycles. The van der Waals surface area contributed by atoms with E-state index in [-0.39, 0.29) is 50.7 Å². The van der Waals surface area contributed by atoms with Crippen LogP contribution in [-0.2, 0) is 9.31 Å². The van der Waals surface area contributed by atoms with Crippen LogP contribution in [0.2, 0.25) is 15.9 Å². The topological polar surface area (TPSA) is 114 Å². The molecular weight excluding hydrogens is 688 g/mol. The van der Waals surface area contributed by atoms with Gasteiger partial charge in [-0.2, -0.15) is 29.9 Å². The highest BCUT2D eigenvalue weighted by Gasteiger charge is 2.51. The Hall–Kier alpha value is -3.23. The smallest absolute Gasteiger partial charge is 0.467 e. The molecule has 0 radical (unpaired) electrons. The minimum absolute atomic E-state index is 0.0249. The summed E-state index contributed by atoms with van der Waals surface area (Å²) in [5, 5.41) is 0.104. The molecule has 3 heterocycles. The first kappa shape index (κ1) is 36.1. The molecule has 0 atom stereocenters. The summed E-state index contributed by atoms with van der Waals surface area (Å²) >= 11 is 16.6. The van der Waals surface area contributed by atoms with Crippen LogP contribution in [0, 0.1) is 11.6 Å². The van der Waals surface area contributed by atoms with E-state index in [1.807, 2.05) is 33.8 Å². The maximum Gasteiger partial charge on any atom is 0.494 e. The number of hydrogen-bond donors (Lipinski definition) is 0. The van der Waals surface area contributed by atoms with Crippen LogP contribution in [0.25, 0.3) is 11.4 Å². The number of ether oxygens (including phenoxy) is 2. The third-order valence-corrected chi connectivity index (χ3v) is 8.85. The summed E-state index contributed by atoms with van der Waals surface area (Å²) in [5.41, 5.74) is 2.45. The SMILES string of the molecule is CC1(C)OB(c2ccc(F)c(C3CC3)c2)OC1(C)C.COc1nc(Cl)nc(-c2ccc(F)c(C3CC3)c2)n1.COc1nc(Cl)nc(Cl)n1. The van der Waals surface area contributed by atoms with Gasteiger partial charge >= 0.3 is 19.1 Å². The summed E-state index contributed by atoms with van der Waals surface area (Å²) < 4.78 is 49.1. The zero-order valence-electron chi connectivity index (χ0n) is 27.2. The molecule has 3 aliphatic rings. The molecule has 48 heavy (non-hydrogen) atoms. The highest BCUT2D eigenvalue weighted by molar-refractivity contribution is 6.62. The van der Waals surface area contributed by atoms with E-state index in [2.05, 4.69) is 34.6 Å². The van der Waals surface area contributed by atoms with Gasteiger partial charge in [-0.1, -0.05) is 12.1 Å². The van der Waals surface area contributed by atoms with E-state index in [1.54, 1.807) is 18.2 Å². The van der Waals surface area contributed by atoms with Gasteiger partial charge in [0.1, 0.15) is 11.6 Å². The summed E-state index contributed by atoms with van der Waals surface area (Å²) in [7, 11) is 2.47. The molecule has 0 spiro atoms. The van der Waals surface area contributed by atoms with E-state index < -0.39 is 7.12 Å². The highest BCUT2D eigenvalue weighted by atomic mass is 35.5. The fourth-order valence-corrected chi connectivity index (χ4v) is 5.24. The molecule has 0 unspecified atom stereocenters. The van der Waals surface area contributed by atoms with Crippen molar-refractivity contribution in [3.05, 3.63) is 75.0 Å². The standard InChI is InChI=1S/C15H20BFO2.C13H11ClFN3O.C4H3Cl2N3O/c1-14(2)15(3,4)19-16(18-14)11-7-8-13(17)12(9-11)10-5-6-10;1-19-13-17-11(16-12(14)18-13)8-4-5-10(15)9(6-8)7-2-3-7;1-10-4-8-2(5)7-3(6)9-4/h7-10H,5-6H2,1-4H3;4-7H,2-3H2,1H3;1H3. The first-order valence-electron chi connectivity index (χ1n) is 15.2. The molecule has 16 heteroatoms. The number of aromatic nitrogens is 6. The number of hydrogen-bond acceptors (Lipinski definition) is 10. The van der Waals surface area contributed by atoms with Crippen molar-refractivity contribution in [1.29, 1.82) is 0 Å². The van der Waals surface area contributed by atoms with Gasteiger partial charge in [-0.05, 0) is 141 Å². The second-order valence-corrected chi connectivity index (χ2v) is 13.4. The van der Waals surface area contributed by atoms with Gasteiger partial charge in [-0.3, -0.25) is 0 Å². The van der Waals surface area contributed by atoms with Crippen LogP contribution in [0.3, 0.4) is 0 Å². The van der Waals surface area contributed by atoms with E-state index in [1.165, 1.54) is 26.4 Å². The molecule has 0 amide bonds. The van der Waals surface area contributed by atoms with Crippen LogP contribution in [0.5, 0.6) is 12.0 Å². The minimum atomic E-state index is -0.400. The lowest BCUT2D eigenvalue weighted by Gasteiger charge is -2.32. The molecule has 1 aliphatic heterocycles. The molecule has 3 fully saturated rings. The summed E-state index contributed by atoms with van der Waals surface area (Å²) in [5.74, 6) is 0.807. The zero-order valence-corrected chi connectivity index (χ0v) is 29.5. The molecule has 0 N–H and O–H groups in total. The highest BCUT2D eigenvalue weighted by Crippen LogP contribution is 2.43. The largest absolute Gasteiger partial charge is 0.494 e. The molecular formula is C32H34BCl3F2N6O4. The van der Waals surface area contributed by atoms with Crippen LogP contribution in [0.15, 0.2) is 36.4 Å². The van der Waals surface area contributed by atoms with Gasteiger partial charge in [-0.25, -0.2) is 8.78 Å². The Labute approximate surface area is 293 Å². The van der Waals surface area contributed by atoms with E-state index in [0.717, 1.165) is 36.7 Å². The fraction of sp³-hybridized carbons (Fsp3) is 0.438. The number of methoxy groups -OCH3 is 2. The van der Waals surface area contributed by atoms with Crippen molar-refractivity contribution in [2.24, 2.45) is 0 Å². The average molecular weight is 722 g/mol. The lowest BCUT2D eigenvalue weighted by Crippen LogP contribution is -2.41. The minimum Gasteiger partial charge on any atom is -0.467 e. The Morgan fingerprint density at radius 1 is 0.667 bits per heavy atom. The Bertz CT molecular complexity index is 1750. The van der Waals surface area contributed by atoms with Gasteiger partial charge in [0.15, 0.2) is 5.82 Å². The van der Waals surface area contributed by atoms with E-state index >= 15 is 0 Å². The molecule has 7 rings (SSSR count). The van der Waals surface area contributed by atoms with Crippen molar-refractivity contribution in [3.63, 3.8) is 0 Å². The molecule has 2 aromatic carbocycles. The quantitative estimate of drug-likeness (QED) is 0.187. The Morgan fingerprint density at radius 3 is 1.62 bits per heavy atom. The number of nitrogens with zero attached hydrogens (tertiary/aromatic N) is 6. The first-order chi connectivity index (χ1) is 22.7. The third kappa shape index (κ3) is 8.86. The predicted octanol–water partition coefficient (Wildman–Crippen LogP) is 7.41. The van der Waals surface area contributed by atoms with Crippen molar-refractivity contribution in [1.82, 2.24) is 29.9 Å². The number of halogens is 5. The van der Waals surface area contributed by atoms with E-state index in [9.17, 15) is 8.78 Å². The van der Waals surface area contributed by atoms with Crippen molar-refractivity contribution >= 4 is 47.4 Å². The molecule has 10 nitrogen and oxygen atoms in total. The van der Waals surface area contributed by atoms with Crippen LogP contribution in [0.1, 0.15) is 76.3 Å². The lowest BCUT2D eigenvalue weighted by atomic mass is 9.78. The van der Waals surface area contributed by atoms with Crippen molar-refractivity contribution in [2.75, 3.05) is 14.2 Å². The summed E-state index contributed by atoms with van der Waals surface area (Å²) in [6.07, 6.45) is 4.23. The van der Waals surface area contributed by atoms with Crippen LogP contribution >= 0.6 is 34.8 Å². The summed E-state index contributed by atoms with van der Waals surface area (Å²) in [4.78, 5) is 22.7. The predicted molar refractivity (Wildman–Crippen MR) is 179 cm³/mol. The molecule has 2 aromatic heterocycles. The molecule has 1 saturated heterocycles. The van der Waals surface area contributed by atoms with Crippen molar-refractivity contribution < 1.29 is 27.6 Å². The van der Waals surface area contributed by atoms with Crippen LogP contribution < -0.4 is 14.9 Å².